The second-order valence-corrected chi connectivity index (χ2v) is 5.44. The van der Waals surface area contributed by atoms with Crippen molar-refractivity contribution >= 4 is 11.6 Å². The Labute approximate surface area is 113 Å². The highest BCUT2D eigenvalue weighted by Gasteiger charge is 2.51. The molecule has 2 rings (SSSR count). The highest BCUT2D eigenvalue weighted by atomic mass is 35.5. The Morgan fingerprint density at radius 1 is 1.44 bits per heavy atom. The van der Waals surface area contributed by atoms with E-state index in [1.54, 1.807) is 7.11 Å². The molecule has 0 bridgehead atoms. The molecule has 1 unspecified atom stereocenters. The Bertz CT molecular complexity index is 489. The van der Waals surface area contributed by atoms with Gasteiger partial charge in [0.2, 0.25) is 0 Å². The first-order valence-electron chi connectivity index (χ1n) is 5.95. The van der Waals surface area contributed by atoms with Crippen molar-refractivity contribution in [2.24, 2.45) is 5.41 Å². The SMILES string of the molecule is COc1ccc(C(N(C)C)C2(C#N)CC2)cc1Cl. The topological polar surface area (TPSA) is 36.3 Å². The number of benzene rings is 1. The van der Waals surface area contributed by atoms with Gasteiger partial charge in [-0.25, -0.2) is 0 Å². The Hall–Kier alpha value is -1.24. The van der Waals surface area contributed by atoms with Crippen LogP contribution in [-0.4, -0.2) is 26.1 Å². The minimum absolute atomic E-state index is 0.0888. The van der Waals surface area contributed by atoms with Gasteiger partial charge in [0.25, 0.3) is 0 Å². The first kappa shape index (κ1) is 13.2. The fourth-order valence-corrected chi connectivity index (χ4v) is 2.81. The summed E-state index contributed by atoms with van der Waals surface area (Å²) >= 11 is 6.17. The molecule has 0 heterocycles. The summed E-state index contributed by atoms with van der Waals surface area (Å²) in [5, 5.41) is 9.97. The molecule has 0 radical (unpaired) electrons. The van der Waals surface area contributed by atoms with Crippen LogP contribution in [0.3, 0.4) is 0 Å². The van der Waals surface area contributed by atoms with E-state index in [-0.39, 0.29) is 11.5 Å². The standard InChI is InChI=1S/C14H17ClN2O/c1-17(2)13(14(9-16)6-7-14)10-4-5-12(18-3)11(15)8-10/h4-5,8,13H,6-7H2,1-3H3. The predicted octanol–water partition coefficient (Wildman–Crippen LogP) is 3.26. The van der Waals surface area contributed by atoms with Crippen molar-refractivity contribution < 1.29 is 4.74 Å². The third kappa shape index (κ3) is 2.19. The van der Waals surface area contributed by atoms with Gasteiger partial charge in [-0.15, -0.1) is 0 Å². The molecule has 0 aromatic heterocycles. The van der Waals surface area contributed by atoms with Crippen molar-refractivity contribution in [3.8, 4) is 11.8 Å². The molecule has 18 heavy (non-hydrogen) atoms. The number of hydrogen-bond donors (Lipinski definition) is 0. The number of methoxy groups -OCH3 is 1. The summed E-state index contributed by atoms with van der Waals surface area (Å²) < 4.78 is 5.16. The predicted molar refractivity (Wildman–Crippen MR) is 71.7 cm³/mol. The fourth-order valence-electron chi connectivity index (χ4n) is 2.55. The van der Waals surface area contributed by atoms with Gasteiger partial charge in [0.15, 0.2) is 0 Å². The Morgan fingerprint density at radius 2 is 2.11 bits per heavy atom. The average molecular weight is 265 g/mol. The molecule has 96 valence electrons. The van der Waals surface area contributed by atoms with Crippen LogP contribution in [0.4, 0.5) is 0 Å². The van der Waals surface area contributed by atoms with Gasteiger partial charge in [0.1, 0.15) is 5.75 Å². The van der Waals surface area contributed by atoms with E-state index in [1.165, 1.54) is 0 Å². The molecule has 1 saturated carbocycles. The lowest BCUT2D eigenvalue weighted by molar-refractivity contribution is 0.232. The molecule has 0 spiro atoms. The molecule has 1 aliphatic carbocycles. The molecule has 3 nitrogen and oxygen atoms in total. The van der Waals surface area contributed by atoms with Crippen LogP contribution in [0.25, 0.3) is 0 Å². The summed E-state index contributed by atoms with van der Waals surface area (Å²) in [5.74, 6) is 0.666. The van der Waals surface area contributed by atoms with Crippen LogP contribution in [0.1, 0.15) is 24.4 Å². The van der Waals surface area contributed by atoms with Gasteiger partial charge < -0.3 is 9.64 Å². The highest BCUT2D eigenvalue weighted by Crippen LogP contribution is 2.56. The van der Waals surface area contributed by atoms with Crippen molar-refractivity contribution in [2.75, 3.05) is 21.2 Å². The molecule has 0 saturated heterocycles. The summed E-state index contributed by atoms with van der Waals surface area (Å²) in [5.41, 5.74) is 0.825. The van der Waals surface area contributed by atoms with E-state index < -0.39 is 0 Å². The van der Waals surface area contributed by atoms with Crippen LogP contribution in [0.2, 0.25) is 5.02 Å². The van der Waals surface area contributed by atoms with Crippen LogP contribution in [0, 0.1) is 16.7 Å². The minimum atomic E-state index is -0.249. The van der Waals surface area contributed by atoms with Crippen LogP contribution in [0.5, 0.6) is 5.75 Å². The van der Waals surface area contributed by atoms with E-state index in [4.69, 9.17) is 16.3 Å². The van der Waals surface area contributed by atoms with Gasteiger partial charge in [-0.1, -0.05) is 17.7 Å². The zero-order valence-electron chi connectivity index (χ0n) is 10.9. The number of halogens is 1. The first-order valence-corrected chi connectivity index (χ1v) is 6.33. The zero-order valence-corrected chi connectivity index (χ0v) is 11.7. The third-order valence-electron chi connectivity index (χ3n) is 3.54. The van der Waals surface area contributed by atoms with Crippen LogP contribution in [-0.2, 0) is 0 Å². The lowest BCUT2D eigenvalue weighted by Crippen LogP contribution is -2.27. The average Bonchev–Trinajstić information content (AvgIpc) is 3.10. The van der Waals surface area contributed by atoms with Crippen molar-refractivity contribution in [2.45, 2.75) is 18.9 Å². The van der Waals surface area contributed by atoms with E-state index >= 15 is 0 Å². The maximum absolute atomic E-state index is 9.37. The van der Waals surface area contributed by atoms with E-state index in [0.717, 1.165) is 18.4 Å². The Morgan fingerprint density at radius 3 is 2.50 bits per heavy atom. The lowest BCUT2D eigenvalue weighted by atomic mass is 9.90. The Balaban J connectivity index is 2.39. The smallest absolute Gasteiger partial charge is 0.137 e. The molecular weight excluding hydrogens is 248 g/mol. The summed E-state index contributed by atoms with van der Waals surface area (Å²) in [6, 6.07) is 8.31. The molecule has 0 aliphatic heterocycles. The summed E-state index contributed by atoms with van der Waals surface area (Å²) in [6.45, 7) is 0. The minimum Gasteiger partial charge on any atom is -0.495 e. The molecular formula is C14H17ClN2O. The second-order valence-electron chi connectivity index (χ2n) is 5.03. The largest absolute Gasteiger partial charge is 0.495 e. The fraction of sp³-hybridized carbons (Fsp3) is 0.500. The lowest BCUT2D eigenvalue weighted by Gasteiger charge is -2.29. The quantitative estimate of drug-likeness (QED) is 0.838. The number of nitriles is 1. The van der Waals surface area contributed by atoms with Crippen LogP contribution >= 0.6 is 11.6 Å². The second kappa shape index (κ2) is 4.79. The van der Waals surface area contributed by atoms with Crippen molar-refractivity contribution in [3.63, 3.8) is 0 Å². The molecule has 1 aliphatic rings. The number of nitrogens with zero attached hydrogens (tertiary/aromatic N) is 2. The molecule has 4 heteroatoms. The molecule has 1 aromatic carbocycles. The van der Waals surface area contributed by atoms with Gasteiger partial charge >= 0.3 is 0 Å². The maximum atomic E-state index is 9.37. The molecule has 1 fully saturated rings. The number of rotatable bonds is 4. The van der Waals surface area contributed by atoms with Gasteiger partial charge in [-0.05, 0) is 44.6 Å². The molecule has 1 atom stereocenters. The number of ether oxygens (including phenoxy) is 1. The van der Waals surface area contributed by atoms with Crippen molar-refractivity contribution in [3.05, 3.63) is 28.8 Å². The monoisotopic (exact) mass is 264 g/mol. The summed E-state index contributed by atoms with van der Waals surface area (Å²) in [6.07, 6.45) is 1.91. The molecule has 1 aromatic rings. The van der Waals surface area contributed by atoms with E-state index in [1.807, 2.05) is 32.3 Å². The van der Waals surface area contributed by atoms with Gasteiger partial charge in [-0.3, -0.25) is 0 Å². The van der Waals surface area contributed by atoms with Gasteiger partial charge in [-0.2, -0.15) is 5.26 Å². The Kier molecular flexibility index (Phi) is 3.52. The highest BCUT2D eigenvalue weighted by molar-refractivity contribution is 6.32. The molecule has 0 N–H and O–H groups in total. The van der Waals surface area contributed by atoms with E-state index in [2.05, 4.69) is 11.0 Å². The van der Waals surface area contributed by atoms with Crippen molar-refractivity contribution in [1.82, 2.24) is 4.90 Å². The normalized spacial score (nSPS) is 18.2. The van der Waals surface area contributed by atoms with Crippen LogP contribution < -0.4 is 4.74 Å². The number of hydrogen-bond acceptors (Lipinski definition) is 3. The summed E-state index contributed by atoms with van der Waals surface area (Å²) in [4.78, 5) is 2.09. The van der Waals surface area contributed by atoms with Crippen molar-refractivity contribution in [1.29, 1.82) is 5.26 Å². The summed E-state index contributed by atoms with van der Waals surface area (Å²) in [7, 11) is 5.60. The first-order chi connectivity index (χ1) is 8.54. The van der Waals surface area contributed by atoms with E-state index in [9.17, 15) is 5.26 Å². The maximum Gasteiger partial charge on any atom is 0.137 e. The zero-order chi connectivity index (χ0) is 13.3. The molecule has 0 amide bonds. The van der Waals surface area contributed by atoms with Crippen LogP contribution in [0.15, 0.2) is 18.2 Å². The van der Waals surface area contributed by atoms with Gasteiger partial charge in [0.05, 0.1) is 29.7 Å². The van der Waals surface area contributed by atoms with Gasteiger partial charge in [0, 0.05) is 0 Å². The third-order valence-corrected chi connectivity index (χ3v) is 3.84. The van der Waals surface area contributed by atoms with E-state index in [0.29, 0.717) is 10.8 Å².